The molecule has 1 saturated carbocycles. The smallest absolute Gasteiger partial charge is 0.262 e. The van der Waals surface area contributed by atoms with Gasteiger partial charge in [-0.25, -0.2) is 0 Å². The fourth-order valence-corrected chi connectivity index (χ4v) is 3.75. The van der Waals surface area contributed by atoms with E-state index in [1.807, 2.05) is 12.1 Å². The maximum absolute atomic E-state index is 12.8. The standard InChI is InChI=1S/C21H25NO2/c1-2-3-4-8-15-19(16-11-6-5-7-12-16)22-20(23)17-13-9-10-14-18(17)21(22)24/h9-10,13-14,16,19H,2-7,11-12H2,1H3. The predicted octanol–water partition coefficient (Wildman–Crippen LogP) is 4.43. The van der Waals surface area contributed by atoms with Gasteiger partial charge in [0, 0.05) is 6.42 Å². The van der Waals surface area contributed by atoms with Crippen LogP contribution in [0.15, 0.2) is 24.3 Å². The number of benzene rings is 1. The third-order valence-corrected chi connectivity index (χ3v) is 5.11. The van der Waals surface area contributed by atoms with E-state index in [-0.39, 0.29) is 17.9 Å². The second-order valence-corrected chi connectivity index (χ2v) is 6.79. The molecule has 24 heavy (non-hydrogen) atoms. The third kappa shape index (κ3) is 3.24. The number of carbonyl (C=O) groups is 2. The fraction of sp³-hybridized carbons (Fsp3) is 0.524. The number of carbonyl (C=O) groups excluding carboxylic acids is 2. The lowest BCUT2D eigenvalue weighted by Gasteiger charge is -2.32. The Kier molecular flexibility index (Phi) is 5.35. The Bertz CT molecular complexity index is 642. The molecule has 0 aromatic heterocycles. The Morgan fingerprint density at radius 3 is 2.29 bits per heavy atom. The highest BCUT2D eigenvalue weighted by Crippen LogP contribution is 2.33. The lowest BCUT2D eigenvalue weighted by atomic mass is 9.83. The first-order chi connectivity index (χ1) is 11.7. The van der Waals surface area contributed by atoms with Gasteiger partial charge in [-0.15, -0.1) is 5.92 Å². The molecule has 3 heteroatoms. The molecular weight excluding hydrogens is 298 g/mol. The van der Waals surface area contributed by atoms with Gasteiger partial charge < -0.3 is 0 Å². The number of hydrogen-bond donors (Lipinski definition) is 0. The summed E-state index contributed by atoms with van der Waals surface area (Å²) < 4.78 is 0. The molecule has 1 aromatic rings. The van der Waals surface area contributed by atoms with Crippen molar-refractivity contribution in [2.45, 2.75) is 64.3 Å². The zero-order valence-electron chi connectivity index (χ0n) is 14.4. The van der Waals surface area contributed by atoms with Crippen LogP contribution in [0.25, 0.3) is 0 Å². The van der Waals surface area contributed by atoms with Gasteiger partial charge in [0.1, 0.15) is 6.04 Å². The first-order valence-electron chi connectivity index (χ1n) is 9.19. The van der Waals surface area contributed by atoms with Gasteiger partial charge in [0.25, 0.3) is 11.8 Å². The summed E-state index contributed by atoms with van der Waals surface area (Å²) in [6.07, 6.45) is 8.70. The minimum Gasteiger partial charge on any atom is -0.269 e. The molecule has 1 aliphatic carbocycles. The van der Waals surface area contributed by atoms with Gasteiger partial charge in [0.2, 0.25) is 0 Å². The molecule has 2 amide bonds. The van der Waals surface area contributed by atoms with E-state index in [9.17, 15) is 9.59 Å². The quantitative estimate of drug-likeness (QED) is 0.467. The van der Waals surface area contributed by atoms with Crippen LogP contribution in [0.2, 0.25) is 0 Å². The van der Waals surface area contributed by atoms with E-state index < -0.39 is 0 Å². The normalized spacial score (nSPS) is 19.0. The van der Waals surface area contributed by atoms with Crippen molar-refractivity contribution < 1.29 is 9.59 Å². The Morgan fingerprint density at radius 1 is 1.08 bits per heavy atom. The van der Waals surface area contributed by atoms with E-state index >= 15 is 0 Å². The molecule has 1 heterocycles. The van der Waals surface area contributed by atoms with Gasteiger partial charge in [-0.3, -0.25) is 14.5 Å². The molecule has 1 fully saturated rings. The van der Waals surface area contributed by atoms with Crippen molar-refractivity contribution in [3.63, 3.8) is 0 Å². The molecule has 0 saturated heterocycles. The van der Waals surface area contributed by atoms with Crippen LogP contribution in [0.3, 0.4) is 0 Å². The number of nitrogens with zero attached hydrogens (tertiary/aromatic N) is 1. The van der Waals surface area contributed by atoms with Gasteiger partial charge >= 0.3 is 0 Å². The summed E-state index contributed by atoms with van der Waals surface area (Å²) in [4.78, 5) is 27.1. The highest BCUT2D eigenvalue weighted by Gasteiger charge is 2.42. The minimum atomic E-state index is -0.269. The molecule has 1 atom stereocenters. The Labute approximate surface area is 144 Å². The highest BCUT2D eigenvalue weighted by atomic mass is 16.2. The molecule has 1 unspecified atom stereocenters. The number of amides is 2. The van der Waals surface area contributed by atoms with Crippen molar-refractivity contribution in [1.82, 2.24) is 4.90 Å². The average molecular weight is 323 g/mol. The van der Waals surface area contributed by atoms with Gasteiger partial charge in [-0.1, -0.05) is 50.7 Å². The highest BCUT2D eigenvalue weighted by molar-refractivity contribution is 6.21. The maximum atomic E-state index is 12.8. The van der Waals surface area contributed by atoms with Crippen LogP contribution in [0.5, 0.6) is 0 Å². The molecular formula is C21H25NO2. The average Bonchev–Trinajstić information content (AvgIpc) is 2.88. The predicted molar refractivity (Wildman–Crippen MR) is 94.6 cm³/mol. The summed E-state index contributed by atoms with van der Waals surface area (Å²) in [7, 11) is 0. The Hall–Kier alpha value is -2.08. The molecule has 3 nitrogen and oxygen atoms in total. The van der Waals surface area contributed by atoms with E-state index in [1.54, 1.807) is 12.1 Å². The number of fused-ring (bicyclic) bond motifs is 1. The molecule has 1 aliphatic heterocycles. The first-order valence-corrected chi connectivity index (χ1v) is 9.19. The van der Waals surface area contributed by atoms with Crippen LogP contribution in [-0.2, 0) is 0 Å². The Morgan fingerprint density at radius 2 is 1.71 bits per heavy atom. The summed E-state index contributed by atoms with van der Waals surface area (Å²) in [6.45, 7) is 2.14. The summed E-state index contributed by atoms with van der Waals surface area (Å²) >= 11 is 0. The largest absolute Gasteiger partial charge is 0.269 e. The van der Waals surface area contributed by atoms with Gasteiger partial charge in [-0.2, -0.15) is 0 Å². The summed E-state index contributed by atoms with van der Waals surface area (Å²) in [5.41, 5.74) is 1.05. The second kappa shape index (κ2) is 7.66. The van der Waals surface area contributed by atoms with Gasteiger partial charge in [0.15, 0.2) is 0 Å². The Balaban J connectivity index is 1.88. The summed E-state index contributed by atoms with van der Waals surface area (Å²) in [5, 5.41) is 0. The zero-order chi connectivity index (χ0) is 16.9. The third-order valence-electron chi connectivity index (χ3n) is 5.11. The molecule has 3 rings (SSSR count). The van der Waals surface area contributed by atoms with Crippen molar-refractivity contribution in [1.29, 1.82) is 0 Å². The van der Waals surface area contributed by atoms with E-state index in [1.165, 1.54) is 24.2 Å². The van der Waals surface area contributed by atoms with Crippen LogP contribution in [0, 0.1) is 17.8 Å². The van der Waals surface area contributed by atoms with E-state index in [4.69, 9.17) is 0 Å². The molecule has 0 bridgehead atoms. The fourth-order valence-electron chi connectivity index (χ4n) is 3.75. The van der Waals surface area contributed by atoms with Crippen LogP contribution < -0.4 is 0 Å². The van der Waals surface area contributed by atoms with Crippen LogP contribution in [-0.4, -0.2) is 22.8 Å². The first kappa shape index (κ1) is 16.8. The SMILES string of the molecule is CCCCC#CC(C1CCCCC1)N1C(=O)c2ccccc2C1=O. The van der Waals surface area contributed by atoms with Crippen molar-refractivity contribution in [3.05, 3.63) is 35.4 Å². The molecule has 0 spiro atoms. The van der Waals surface area contributed by atoms with Crippen LogP contribution in [0.1, 0.15) is 79.0 Å². The summed E-state index contributed by atoms with van der Waals surface area (Å²) in [5.74, 6) is 6.50. The van der Waals surface area contributed by atoms with Gasteiger partial charge in [-0.05, 0) is 37.3 Å². The number of hydrogen-bond acceptors (Lipinski definition) is 2. The topological polar surface area (TPSA) is 37.4 Å². The van der Waals surface area contributed by atoms with E-state index in [0.717, 1.165) is 32.1 Å². The molecule has 126 valence electrons. The van der Waals surface area contributed by atoms with Gasteiger partial charge in [0.05, 0.1) is 11.1 Å². The van der Waals surface area contributed by atoms with Crippen molar-refractivity contribution in [2.75, 3.05) is 0 Å². The summed E-state index contributed by atoms with van der Waals surface area (Å²) in [6, 6.07) is 6.86. The molecule has 0 N–H and O–H groups in total. The lowest BCUT2D eigenvalue weighted by molar-refractivity contribution is 0.0560. The number of unbranched alkanes of at least 4 members (excludes halogenated alkanes) is 2. The zero-order valence-corrected chi connectivity index (χ0v) is 14.4. The molecule has 0 radical (unpaired) electrons. The minimum absolute atomic E-state index is 0.170. The number of rotatable bonds is 4. The van der Waals surface area contributed by atoms with E-state index in [2.05, 4.69) is 18.8 Å². The van der Waals surface area contributed by atoms with Crippen LogP contribution >= 0.6 is 0 Å². The van der Waals surface area contributed by atoms with Crippen LogP contribution in [0.4, 0.5) is 0 Å². The molecule has 1 aromatic carbocycles. The van der Waals surface area contributed by atoms with Crippen molar-refractivity contribution in [3.8, 4) is 11.8 Å². The van der Waals surface area contributed by atoms with E-state index in [0.29, 0.717) is 17.0 Å². The maximum Gasteiger partial charge on any atom is 0.262 e. The molecule has 2 aliphatic rings. The number of imide groups is 1. The van der Waals surface area contributed by atoms with Crippen molar-refractivity contribution >= 4 is 11.8 Å². The second-order valence-electron chi connectivity index (χ2n) is 6.79. The monoisotopic (exact) mass is 323 g/mol. The lowest BCUT2D eigenvalue weighted by Crippen LogP contribution is -2.44. The van der Waals surface area contributed by atoms with Crippen molar-refractivity contribution in [2.24, 2.45) is 5.92 Å².